The molecule has 3 heteroatoms. The summed E-state index contributed by atoms with van der Waals surface area (Å²) in [6.07, 6.45) is 3.17. The van der Waals surface area contributed by atoms with E-state index >= 15 is 0 Å². The van der Waals surface area contributed by atoms with E-state index in [9.17, 15) is 0 Å². The van der Waals surface area contributed by atoms with Crippen LogP contribution in [0, 0.1) is 6.92 Å². The fraction of sp³-hybridized carbons (Fsp3) is 0.0909. The van der Waals surface area contributed by atoms with Crippen LogP contribution in [0.2, 0.25) is 0 Å². The Bertz CT molecular complexity index is 437. The normalized spacial score (nSPS) is 10.1. The fourth-order valence-electron chi connectivity index (χ4n) is 1.21. The van der Waals surface area contributed by atoms with Crippen LogP contribution in [-0.2, 0) is 0 Å². The van der Waals surface area contributed by atoms with E-state index in [1.54, 1.807) is 18.3 Å². The fourth-order valence-corrected chi connectivity index (χ4v) is 1.21. The Morgan fingerprint density at radius 2 is 1.93 bits per heavy atom. The number of rotatable bonds is 1. The summed E-state index contributed by atoms with van der Waals surface area (Å²) in [5.74, 6) is 0.168. The Morgan fingerprint density at radius 1 is 1.07 bits per heavy atom. The molecular formula is C11H10N2O. The van der Waals surface area contributed by atoms with Crippen LogP contribution < -0.4 is 0 Å². The van der Waals surface area contributed by atoms with E-state index in [1.165, 1.54) is 6.20 Å². The summed E-state index contributed by atoms with van der Waals surface area (Å²) in [6, 6.07) is 7.24. The Labute approximate surface area is 82.1 Å². The SMILES string of the molecule is Cc1ccnc(-c2ccc(O)cn2)c1. The summed E-state index contributed by atoms with van der Waals surface area (Å²) < 4.78 is 0. The molecule has 0 unspecified atom stereocenters. The zero-order valence-corrected chi connectivity index (χ0v) is 7.81. The highest BCUT2D eigenvalue weighted by Crippen LogP contribution is 2.16. The average Bonchev–Trinajstić information content (AvgIpc) is 2.19. The van der Waals surface area contributed by atoms with Crippen LogP contribution in [0.25, 0.3) is 11.4 Å². The number of nitrogens with zero attached hydrogens (tertiary/aromatic N) is 2. The molecule has 0 aromatic carbocycles. The van der Waals surface area contributed by atoms with E-state index in [1.807, 2.05) is 19.1 Å². The first-order valence-electron chi connectivity index (χ1n) is 4.34. The van der Waals surface area contributed by atoms with Crippen LogP contribution >= 0.6 is 0 Å². The molecule has 2 aromatic heterocycles. The smallest absolute Gasteiger partial charge is 0.133 e. The van der Waals surface area contributed by atoms with Crippen molar-refractivity contribution in [3.8, 4) is 17.1 Å². The zero-order valence-electron chi connectivity index (χ0n) is 7.81. The third-order valence-corrected chi connectivity index (χ3v) is 1.93. The minimum Gasteiger partial charge on any atom is -0.506 e. The van der Waals surface area contributed by atoms with Gasteiger partial charge in [0.2, 0.25) is 0 Å². The van der Waals surface area contributed by atoms with Crippen molar-refractivity contribution in [2.24, 2.45) is 0 Å². The van der Waals surface area contributed by atoms with Crippen molar-refractivity contribution in [1.82, 2.24) is 9.97 Å². The zero-order chi connectivity index (χ0) is 9.97. The first-order chi connectivity index (χ1) is 6.75. The van der Waals surface area contributed by atoms with Crippen molar-refractivity contribution in [2.75, 3.05) is 0 Å². The molecule has 14 heavy (non-hydrogen) atoms. The van der Waals surface area contributed by atoms with Crippen LogP contribution in [0.4, 0.5) is 0 Å². The molecule has 0 saturated carbocycles. The van der Waals surface area contributed by atoms with Crippen molar-refractivity contribution in [3.05, 3.63) is 42.2 Å². The van der Waals surface area contributed by atoms with E-state index in [4.69, 9.17) is 5.11 Å². The van der Waals surface area contributed by atoms with Gasteiger partial charge in [-0.2, -0.15) is 0 Å². The number of aromatic nitrogens is 2. The maximum Gasteiger partial charge on any atom is 0.133 e. The van der Waals surface area contributed by atoms with Gasteiger partial charge < -0.3 is 5.11 Å². The predicted octanol–water partition coefficient (Wildman–Crippen LogP) is 2.16. The molecule has 0 radical (unpaired) electrons. The summed E-state index contributed by atoms with van der Waals surface area (Å²) in [6.45, 7) is 2.01. The number of pyridine rings is 2. The number of hydrogen-bond acceptors (Lipinski definition) is 3. The summed E-state index contributed by atoms with van der Waals surface area (Å²) in [5.41, 5.74) is 2.74. The minimum atomic E-state index is 0.168. The molecular weight excluding hydrogens is 176 g/mol. The molecule has 2 aromatic rings. The maximum absolute atomic E-state index is 9.08. The largest absolute Gasteiger partial charge is 0.506 e. The third kappa shape index (κ3) is 1.71. The lowest BCUT2D eigenvalue weighted by Gasteiger charge is -2.00. The van der Waals surface area contributed by atoms with Gasteiger partial charge in [-0.3, -0.25) is 9.97 Å². The predicted molar refractivity (Wildman–Crippen MR) is 53.9 cm³/mol. The molecule has 0 spiro atoms. The Hall–Kier alpha value is -1.90. The van der Waals surface area contributed by atoms with Gasteiger partial charge in [0.15, 0.2) is 0 Å². The van der Waals surface area contributed by atoms with Gasteiger partial charge in [-0.1, -0.05) is 0 Å². The Morgan fingerprint density at radius 3 is 2.57 bits per heavy atom. The number of aryl methyl sites for hydroxylation is 1. The van der Waals surface area contributed by atoms with Crippen LogP contribution in [0.3, 0.4) is 0 Å². The molecule has 2 rings (SSSR count). The lowest BCUT2D eigenvalue weighted by atomic mass is 10.2. The van der Waals surface area contributed by atoms with Gasteiger partial charge in [-0.05, 0) is 36.8 Å². The Balaban J connectivity index is 2.44. The summed E-state index contributed by atoms with van der Waals surface area (Å²) in [7, 11) is 0. The first-order valence-corrected chi connectivity index (χ1v) is 4.34. The molecule has 1 N–H and O–H groups in total. The second kappa shape index (κ2) is 3.46. The van der Waals surface area contributed by atoms with Crippen LogP contribution in [0.15, 0.2) is 36.7 Å². The average molecular weight is 186 g/mol. The van der Waals surface area contributed by atoms with Gasteiger partial charge in [0.25, 0.3) is 0 Å². The summed E-state index contributed by atoms with van der Waals surface area (Å²) in [5, 5.41) is 9.08. The van der Waals surface area contributed by atoms with Gasteiger partial charge in [0.1, 0.15) is 5.75 Å². The summed E-state index contributed by atoms with van der Waals surface area (Å²) in [4.78, 5) is 8.27. The second-order valence-electron chi connectivity index (χ2n) is 3.12. The van der Waals surface area contributed by atoms with E-state index in [-0.39, 0.29) is 5.75 Å². The van der Waals surface area contributed by atoms with E-state index in [2.05, 4.69) is 9.97 Å². The molecule has 0 aliphatic heterocycles. The minimum absolute atomic E-state index is 0.168. The van der Waals surface area contributed by atoms with Crippen LogP contribution in [0.5, 0.6) is 5.75 Å². The molecule has 0 amide bonds. The molecule has 0 fully saturated rings. The molecule has 2 heterocycles. The van der Waals surface area contributed by atoms with Crippen molar-refractivity contribution < 1.29 is 5.11 Å². The van der Waals surface area contributed by atoms with Crippen molar-refractivity contribution in [3.63, 3.8) is 0 Å². The summed E-state index contributed by atoms with van der Waals surface area (Å²) >= 11 is 0. The molecule has 70 valence electrons. The van der Waals surface area contributed by atoms with Crippen molar-refractivity contribution >= 4 is 0 Å². The molecule has 0 aliphatic carbocycles. The highest BCUT2D eigenvalue weighted by Gasteiger charge is 2.00. The van der Waals surface area contributed by atoms with E-state index in [0.717, 1.165) is 17.0 Å². The molecule has 0 atom stereocenters. The van der Waals surface area contributed by atoms with Gasteiger partial charge in [0, 0.05) is 6.20 Å². The number of hydrogen-bond donors (Lipinski definition) is 1. The molecule has 0 saturated heterocycles. The molecule has 3 nitrogen and oxygen atoms in total. The standard InChI is InChI=1S/C11H10N2O/c1-8-4-5-12-11(6-8)10-3-2-9(14)7-13-10/h2-7,14H,1H3. The van der Waals surface area contributed by atoms with Gasteiger partial charge in [0.05, 0.1) is 17.6 Å². The van der Waals surface area contributed by atoms with Crippen molar-refractivity contribution in [1.29, 1.82) is 0 Å². The van der Waals surface area contributed by atoms with E-state index < -0.39 is 0 Å². The molecule has 0 bridgehead atoms. The van der Waals surface area contributed by atoms with E-state index in [0.29, 0.717) is 0 Å². The topological polar surface area (TPSA) is 46.0 Å². The van der Waals surface area contributed by atoms with Crippen LogP contribution in [-0.4, -0.2) is 15.1 Å². The maximum atomic E-state index is 9.08. The lowest BCUT2D eigenvalue weighted by molar-refractivity contribution is 0.473. The highest BCUT2D eigenvalue weighted by atomic mass is 16.3. The highest BCUT2D eigenvalue weighted by molar-refractivity contribution is 5.55. The monoisotopic (exact) mass is 186 g/mol. The lowest BCUT2D eigenvalue weighted by Crippen LogP contribution is -1.86. The van der Waals surface area contributed by atoms with Gasteiger partial charge in [-0.25, -0.2) is 0 Å². The van der Waals surface area contributed by atoms with Crippen LogP contribution in [0.1, 0.15) is 5.56 Å². The first kappa shape index (κ1) is 8.69. The Kier molecular flexibility index (Phi) is 2.14. The van der Waals surface area contributed by atoms with Gasteiger partial charge >= 0.3 is 0 Å². The van der Waals surface area contributed by atoms with Gasteiger partial charge in [-0.15, -0.1) is 0 Å². The second-order valence-corrected chi connectivity index (χ2v) is 3.12. The third-order valence-electron chi connectivity index (χ3n) is 1.93. The quantitative estimate of drug-likeness (QED) is 0.742. The molecule has 0 aliphatic rings. The number of aromatic hydroxyl groups is 1. The van der Waals surface area contributed by atoms with Crippen molar-refractivity contribution in [2.45, 2.75) is 6.92 Å².